The lowest BCUT2D eigenvalue weighted by Gasteiger charge is -2.30. The first-order chi connectivity index (χ1) is 18.6. The van der Waals surface area contributed by atoms with E-state index in [9.17, 15) is 27.2 Å². The Morgan fingerprint density at radius 3 is 2.49 bits per heavy atom. The Balaban J connectivity index is 1.47. The van der Waals surface area contributed by atoms with Crippen LogP contribution in [0.1, 0.15) is 39.9 Å². The molecule has 0 radical (unpaired) electrons. The van der Waals surface area contributed by atoms with Crippen molar-refractivity contribution in [1.82, 2.24) is 9.88 Å². The van der Waals surface area contributed by atoms with E-state index in [2.05, 4.69) is 10.3 Å². The van der Waals surface area contributed by atoms with Gasteiger partial charge in [0.1, 0.15) is 11.6 Å². The topological polar surface area (TPSA) is 71.5 Å². The van der Waals surface area contributed by atoms with Crippen molar-refractivity contribution >= 4 is 40.7 Å². The molecule has 0 spiro atoms. The average Bonchev–Trinajstić information content (AvgIpc) is 2.93. The normalized spacial score (nSPS) is 14.3. The summed E-state index contributed by atoms with van der Waals surface area (Å²) in [5.41, 5.74) is 0.578. The fourth-order valence-electron chi connectivity index (χ4n) is 4.68. The molecule has 2 aromatic carbocycles. The molecule has 1 amide bonds. The summed E-state index contributed by atoms with van der Waals surface area (Å²) >= 11 is 1.52. The second-order valence-corrected chi connectivity index (χ2v) is 9.81. The zero-order valence-electron chi connectivity index (χ0n) is 21.0. The number of hydrogen-bond donors (Lipinski definition) is 1. The minimum Gasteiger partial charge on any atom is -0.394 e. The van der Waals surface area contributed by atoms with Crippen LogP contribution in [0.15, 0.2) is 54.7 Å². The molecule has 4 rings (SSSR count). The lowest BCUT2D eigenvalue weighted by atomic mass is 9.95. The maximum absolute atomic E-state index is 14.0. The second-order valence-electron chi connectivity index (χ2n) is 9.36. The number of carbonyl (C=O) groups is 2. The Morgan fingerprint density at radius 1 is 1.13 bits per heavy atom. The molecule has 0 aliphatic carbocycles. The second kappa shape index (κ2) is 12.3. The van der Waals surface area contributed by atoms with Gasteiger partial charge in [0.25, 0.3) is 5.91 Å². The third-order valence-corrected chi connectivity index (χ3v) is 7.31. The monoisotopic (exact) mass is 655 g/mol. The first kappa shape index (κ1) is 28.8. The highest BCUT2D eigenvalue weighted by Gasteiger charge is 2.35. The number of anilines is 1. The summed E-state index contributed by atoms with van der Waals surface area (Å²) in [5.74, 6) is -1.04. The Labute approximate surface area is 237 Å². The molecule has 6 nitrogen and oxygen atoms in total. The molecule has 0 saturated carbocycles. The number of rotatable bonds is 7. The molecule has 1 saturated heterocycles. The number of aromatic nitrogens is 1. The lowest BCUT2D eigenvalue weighted by Crippen LogP contribution is -2.40. The summed E-state index contributed by atoms with van der Waals surface area (Å²) in [6.45, 7) is 2.74. The summed E-state index contributed by atoms with van der Waals surface area (Å²) in [4.78, 5) is 30.4. The minimum absolute atomic E-state index is 0.0734. The smallest absolute Gasteiger partial charge is 0.394 e. The number of amides is 1. The van der Waals surface area contributed by atoms with Crippen LogP contribution in [0.3, 0.4) is 0 Å². The number of piperidine rings is 1. The van der Waals surface area contributed by atoms with Gasteiger partial charge in [-0.3, -0.25) is 9.59 Å². The van der Waals surface area contributed by atoms with Crippen molar-refractivity contribution in [3.05, 3.63) is 82.8 Å². The zero-order chi connectivity index (χ0) is 28.2. The van der Waals surface area contributed by atoms with Crippen molar-refractivity contribution in [2.45, 2.75) is 32.4 Å². The largest absolute Gasteiger partial charge is 0.417 e. The van der Waals surface area contributed by atoms with Gasteiger partial charge in [-0.1, -0.05) is 18.2 Å². The van der Waals surface area contributed by atoms with Crippen LogP contribution in [0.2, 0.25) is 0 Å². The van der Waals surface area contributed by atoms with Crippen molar-refractivity contribution in [2.24, 2.45) is 5.92 Å². The van der Waals surface area contributed by atoms with E-state index in [1.807, 2.05) is 13.0 Å². The van der Waals surface area contributed by atoms with Crippen LogP contribution in [-0.4, -0.2) is 41.4 Å². The number of carbonyl (C=O) groups excluding carboxylic acids is 2. The third kappa shape index (κ3) is 6.87. The molecule has 0 bridgehead atoms. The molecule has 1 N–H and O–H groups in total. The Hall–Kier alpha value is -3.22. The van der Waals surface area contributed by atoms with Gasteiger partial charge in [0.15, 0.2) is 23.0 Å². The van der Waals surface area contributed by atoms with Crippen molar-refractivity contribution in [3.8, 4) is 11.1 Å². The highest BCUT2D eigenvalue weighted by atomic mass is 127. The average molecular weight is 655 g/mol. The molecule has 1 aliphatic heterocycles. The van der Waals surface area contributed by atoms with E-state index in [0.717, 1.165) is 11.6 Å². The van der Waals surface area contributed by atoms with Gasteiger partial charge < -0.3 is 13.3 Å². The number of halogens is 5. The Morgan fingerprint density at radius 2 is 1.87 bits per heavy atom. The Bertz CT molecular complexity index is 1320. The number of nitrogens with one attached hydrogen (secondary N) is 1. The van der Waals surface area contributed by atoms with Crippen molar-refractivity contribution < 1.29 is 30.2 Å². The van der Waals surface area contributed by atoms with Crippen LogP contribution in [-0.2, 0) is 20.5 Å². The van der Waals surface area contributed by atoms with Gasteiger partial charge in [-0.25, -0.2) is 9.37 Å². The van der Waals surface area contributed by atoms with E-state index >= 15 is 0 Å². The number of pyridine rings is 1. The van der Waals surface area contributed by atoms with Crippen LogP contribution < -0.4 is 5.32 Å². The number of hydrogen-bond acceptors (Lipinski definition) is 5. The third-order valence-electron chi connectivity index (χ3n) is 6.87. The van der Waals surface area contributed by atoms with Crippen molar-refractivity contribution in [2.75, 3.05) is 25.0 Å². The molecular formula is C28H26F4IN3O3. The van der Waals surface area contributed by atoms with Gasteiger partial charge in [0.05, 0.1) is 11.5 Å². The maximum Gasteiger partial charge on any atom is 0.417 e. The number of benzene rings is 2. The number of likely N-dealkylation sites (tertiary alicyclic amines) is 1. The summed E-state index contributed by atoms with van der Waals surface area (Å²) in [5, 5.41) is 3.07. The molecule has 0 atom stereocenters. The van der Waals surface area contributed by atoms with Gasteiger partial charge in [-0.15, -0.1) is 0 Å². The highest BCUT2D eigenvalue weighted by Crippen LogP contribution is 2.38. The van der Waals surface area contributed by atoms with Gasteiger partial charge >= 0.3 is 12.1 Å². The van der Waals surface area contributed by atoms with E-state index in [1.165, 1.54) is 58.4 Å². The standard InChI is InChI=1S/C28H26F4IN3O3/c1-17-3-2-4-24(29)21(17)9-12-34-25-8-6-20(16-35-25)22-7-5-19(15-23(22)28(30,31)32)26(37)36-13-10-18(11-14-36)27(38)39-33/h2-8,15-16,18H,9-14H2,1H3,(H,34,35). The highest BCUT2D eigenvalue weighted by molar-refractivity contribution is 14.1. The van der Waals surface area contributed by atoms with E-state index in [-0.39, 0.29) is 47.5 Å². The molecule has 1 aliphatic rings. The fraction of sp³-hybridized carbons (Fsp3) is 0.321. The predicted molar refractivity (Wildman–Crippen MR) is 147 cm³/mol. The summed E-state index contributed by atoms with van der Waals surface area (Å²) < 4.78 is 60.8. The van der Waals surface area contributed by atoms with E-state index in [1.54, 1.807) is 12.1 Å². The fourth-order valence-corrected chi connectivity index (χ4v) is 5.04. The Kier molecular flexibility index (Phi) is 9.08. The molecule has 3 aromatic rings. The molecule has 0 unspecified atom stereocenters. The van der Waals surface area contributed by atoms with Crippen LogP contribution in [0.5, 0.6) is 0 Å². The van der Waals surface area contributed by atoms with Gasteiger partial charge in [-0.2, -0.15) is 13.2 Å². The minimum atomic E-state index is -4.70. The van der Waals surface area contributed by atoms with E-state index in [0.29, 0.717) is 37.2 Å². The molecule has 2 heterocycles. The lowest BCUT2D eigenvalue weighted by molar-refractivity contribution is -0.138. The first-order valence-corrected chi connectivity index (χ1v) is 13.2. The molecular weight excluding hydrogens is 629 g/mol. The van der Waals surface area contributed by atoms with Crippen LogP contribution in [0.25, 0.3) is 11.1 Å². The maximum atomic E-state index is 14.0. The molecule has 1 fully saturated rings. The van der Waals surface area contributed by atoms with Crippen LogP contribution in [0.4, 0.5) is 23.4 Å². The van der Waals surface area contributed by atoms with E-state index < -0.39 is 17.6 Å². The van der Waals surface area contributed by atoms with E-state index in [4.69, 9.17) is 3.07 Å². The predicted octanol–water partition coefficient (Wildman–Crippen LogP) is 6.61. The quantitative estimate of drug-likeness (QED) is 0.229. The molecule has 39 heavy (non-hydrogen) atoms. The van der Waals surface area contributed by atoms with Crippen molar-refractivity contribution in [1.29, 1.82) is 0 Å². The van der Waals surface area contributed by atoms with Crippen LogP contribution in [0, 0.1) is 18.7 Å². The van der Waals surface area contributed by atoms with Gasteiger partial charge in [0, 0.05) is 37.0 Å². The summed E-state index contributed by atoms with van der Waals surface area (Å²) in [6, 6.07) is 11.5. The van der Waals surface area contributed by atoms with Gasteiger partial charge in [-0.05, 0) is 73.2 Å². The number of alkyl halides is 3. The summed E-state index contributed by atoms with van der Waals surface area (Å²) in [6.07, 6.45) is -2.15. The summed E-state index contributed by atoms with van der Waals surface area (Å²) in [7, 11) is 0. The van der Waals surface area contributed by atoms with Crippen LogP contribution >= 0.6 is 23.0 Å². The van der Waals surface area contributed by atoms with Gasteiger partial charge in [0.2, 0.25) is 0 Å². The molecule has 11 heteroatoms. The zero-order valence-corrected chi connectivity index (χ0v) is 23.2. The number of nitrogens with zero attached hydrogens (tertiary/aromatic N) is 2. The molecule has 206 valence electrons. The first-order valence-electron chi connectivity index (χ1n) is 12.4. The SMILES string of the molecule is Cc1cccc(F)c1CCNc1ccc(-c2ccc(C(=O)N3CCC(C(=O)OI)CC3)cc2C(F)(F)F)cn1. The van der Waals surface area contributed by atoms with Crippen molar-refractivity contribution in [3.63, 3.8) is 0 Å². The number of aryl methyl sites for hydroxylation is 1. The molecule has 1 aromatic heterocycles.